The van der Waals surface area contributed by atoms with Crippen LogP contribution in [-0.2, 0) is 11.2 Å². The molecule has 3 unspecified atom stereocenters. The van der Waals surface area contributed by atoms with Crippen molar-refractivity contribution in [2.24, 2.45) is 5.41 Å². The molecule has 2 nitrogen and oxygen atoms in total. The first-order chi connectivity index (χ1) is 9.49. The van der Waals surface area contributed by atoms with Gasteiger partial charge in [-0.15, -0.1) is 0 Å². The summed E-state index contributed by atoms with van der Waals surface area (Å²) in [5, 5.41) is 4.72. The summed E-state index contributed by atoms with van der Waals surface area (Å²) in [6, 6.07) is 7.31. The third-order valence-electron chi connectivity index (χ3n) is 4.97. The molecule has 0 spiro atoms. The van der Waals surface area contributed by atoms with Crippen LogP contribution in [0.15, 0.2) is 18.2 Å². The van der Waals surface area contributed by atoms with Crippen LogP contribution in [0.25, 0.3) is 0 Å². The summed E-state index contributed by atoms with van der Waals surface area (Å²) < 4.78 is 5.49. The van der Waals surface area contributed by atoms with Crippen molar-refractivity contribution in [1.29, 1.82) is 0 Å². The Hall–Kier alpha value is -0.570. The van der Waals surface area contributed by atoms with Gasteiger partial charge in [0.25, 0.3) is 0 Å². The van der Waals surface area contributed by atoms with Crippen LogP contribution in [0, 0.1) is 5.41 Å². The lowest BCUT2D eigenvalue weighted by Gasteiger charge is -2.31. The number of fused-ring (bicyclic) bond motifs is 1. The zero-order valence-corrected chi connectivity index (χ0v) is 13.3. The van der Waals surface area contributed by atoms with E-state index in [2.05, 4.69) is 31.3 Å². The van der Waals surface area contributed by atoms with Crippen LogP contribution in [0.4, 0.5) is 0 Å². The van der Waals surface area contributed by atoms with Crippen molar-refractivity contribution in [1.82, 2.24) is 5.32 Å². The highest BCUT2D eigenvalue weighted by Gasteiger charge is 2.40. The van der Waals surface area contributed by atoms with E-state index < -0.39 is 0 Å². The molecule has 2 aliphatic rings. The van der Waals surface area contributed by atoms with Gasteiger partial charge < -0.3 is 10.1 Å². The highest BCUT2D eigenvalue weighted by atomic mass is 35.5. The summed E-state index contributed by atoms with van der Waals surface area (Å²) in [6.45, 7) is 4.70. The Morgan fingerprint density at radius 3 is 2.80 bits per heavy atom. The lowest BCUT2D eigenvalue weighted by atomic mass is 9.85. The van der Waals surface area contributed by atoms with Crippen molar-refractivity contribution in [3.05, 3.63) is 34.3 Å². The zero-order chi connectivity index (χ0) is 14.3. The molecule has 0 amide bonds. The minimum absolute atomic E-state index is 0.248. The van der Waals surface area contributed by atoms with Crippen molar-refractivity contribution in [2.75, 3.05) is 7.11 Å². The molecular weight excluding hydrogens is 270 g/mol. The van der Waals surface area contributed by atoms with Gasteiger partial charge in [0.05, 0.1) is 6.10 Å². The summed E-state index contributed by atoms with van der Waals surface area (Å²) >= 11 is 6.20. The third-order valence-corrected chi connectivity index (χ3v) is 5.20. The summed E-state index contributed by atoms with van der Waals surface area (Å²) in [5.41, 5.74) is 3.08. The number of hydrogen-bond acceptors (Lipinski definition) is 2. The Morgan fingerprint density at radius 1 is 1.30 bits per heavy atom. The van der Waals surface area contributed by atoms with E-state index in [-0.39, 0.29) is 5.41 Å². The van der Waals surface area contributed by atoms with Crippen molar-refractivity contribution < 1.29 is 4.74 Å². The summed E-state index contributed by atoms with van der Waals surface area (Å²) in [5.74, 6) is 0. The van der Waals surface area contributed by atoms with Crippen molar-refractivity contribution in [2.45, 2.75) is 57.7 Å². The maximum absolute atomic E-state index is 6.20. The lowest BCUT2D eigenvalue weighted by molar-refractivity contribution is 0.105. The van der Waals surface area contributed by atoms with E-state index in [1.807, 2.05) is 13.2 Å². The second-order valence-corrected chi connectivity index (χ2v) is 7.41. The SMILES string of the molecule is COC1CCC(NC2c3cc(Cl)ccc3CC2(C)C)C1. The van der Waals surface area contributed by atoms with Crippen molar-refractivity contribution in [3.8, 4) is 0 Å². The molecule has 0 saturated heterocycles. The molecule has 1 fully saturated rings. The Morgan fingerprint density at radius 2 is 2.10 bits per heavy atom. The summed E-state index contributed by atoms with van der Waals surface area (Å²) in [6.07, 6.45) is 5.05. The van der Waals surface area contributed by atoms with E-state index in [0.29, 0.717) is 18.2 Å². The van der Waals surface area contributed by atoms with Crippen LogP contribution in [-0.4, -0.2) is 19.3 Å². The van der Waals surface area contributed by atoms with Gasteiger partial charge in [-0.1, -0.05) is 31.5 Å². The molecule has 1 aromatic rings. The molecule has 1 aromatic carbocycles. The van der Waals surface area contributed by atoms with Crippen LogP contribution in [0.1, 0.15) is 50.3 Å². The highest BCUT2D eigenvalue weighted by Crippen LogP contribution is 2.46. The smallest absolute Gasteiger partial charge is 0.0586 e. The first kappa shape index (κ1) is 14.4. The summed E-state index contributed by atoms with van der Waals surface area (Å²) in [4.78, 5) is 0. The fraction of sp³-hybridized carbons (Fsp3) is 0.647. The minimum atomic E-state index is 0.248. The standard InChI is InChI=1S/C17H24ClNO/c1-17(2)10-11-4-5-12(18)8-15(11)16(17)19-13-6-7-14(9-13)20-3/h4-5,8,13-14,16,19H,6-7,9-10H2,1-3H3. The molecule has 3 rings (SSSR count). The van der Waals surface area contributed by atoms with Crippen LogP contribution in [0.2, 0.25) is 5.02 Å². The maximum atomic E-state index is 6.20. The van der Waals surface area contributed by atoms with E-state index in [1.54, 1.807) is 0 Å². The van der Waals surface area contributed by atoms with Crippen molar-refractivity contribution >= 4 is 11.6 Å². The quantitative estimate of drug-likeness (QED) is 0.905. The number of nitrogens with one attached hydrogen (secondary N) is 1. The predicted octanol–water partition coefficient (Wildman–Crippen LogP) is 4.12. The molecule has 0 bridgehead atoms. The second-order valence-electron chi connectivity index (χ2n) is 6.98. The normalized spacial score (nSPS) is 31.5. The van der Waals surface area contributed by atoms with E-state index in [1.165, 1.54) is 24.0 Å². The van der Waals surface area contributed by atoms with Gasteiger partial charge in [-0.25, -0.2) is 0 Å². The highest BCUT2D eigenvalue weighted by molar-refractivity contribution is 6.30. The zero-order valence-electron chi connectivity index (χ0n) is 12.6. The van der Waals surface area contributed by atoms with Gasteiger partial charge >= 0.3 is 0 Å². The number of ether oxygens (including phenoxy) is 1. The van der Waals surface area contributed by atoms with Gasteiger partial charge in [0.1, 0.15) is 0 Å². The molecule has 0 aliphatic heterocycles. The number of rotatable bonds is 3. The van der Waals surface area contributed by atoms with E-state index in [4.69, 9.17) is 16.3 Å². The molecule has 20 heavy (non-hydrogen) atoms. The Balaban J connectivity index is 1.80. The van der Waals surface area contributed by atoms with Crippen molar-refractivity contribution in [3.63, 3.8) is 0 Å². The summed E-state index contributed by atoms with van der Waals surface area (Å²) in [7, 11) is 1.82. The molecule has 0 aromatic heterocycles. The minimum Gasteiger partial charge on any atom is -0.381 e. The number of benzene rings is 1. The van der Waals surface area contributed by atoms with Gasteiger partial charge in [-0.3, -0.25) is 0 Å². The molecule has 2 aliphatic carbocycles. The van der Waals surface area contributed by atoms with Gasteiger partial charge in [0.2, 0.25) is 0 Å². The molecular formula is C17H24ClNO. The number of methoxy groups -OCH3 is 1. The number of halogens is 1. The molecule has 3 atom stereocenters. The fourth-order valence-electron chi connectivity index (χ4n) is 3.87. The van der Waals surface area contributed by atoms with Gasteiger partial charge in [-0.05, 0) is 54.4 Å². The van der Waals surface area contributed by atoms with Crippen LogP contribution >= 0.6 is 11.6 Å². The van der Waals surface area contributed by atoms with E-state index >= 15 is 0 Å². The first-order valence-corrected chi connectivity index (χ1v) is 7.94. The second kappa shape index (κ2) is 5.32. The van der Waals surface area contributed by atoms with E-state index in [9.17, 15) is 0 Å². The fourth-order valence-corrected chi connectivity index (χ4v) is 4.05. The molecule has 0 radical (unpaired) electrons. The average Bonchev–Trinajstić information content (AvgIpc) is 2.94. The van der Waals surface area contributed by atoms with Gasteiger partial charge in [0.15, 0.2) is 0 Å². The monoisotopic (exact) mass is 293 g/mol. The van der Waals surface area contributed by atoms with Crippen LogP contribution in [0.3, 0.4) is 0 Å². The van der Waals surface area contributed by atoms with Gasteiger partial charge in [0, 0.05) is 24.2 Å². The largest absolute Gasteiger partial charge is 0.381 e. The lowest BCUT2D eigenvalue weighted by Crippen LogP contribution is -2.37. The van der Waals surface area contributed by atoms with Crippen LogP contribution in [0.5, 0.6) is 0 Å². The molecule has 110 valence electrons. The maximum Gasteiger partial charge on any atom is 0.0586 e. The third kappa shape index (κ3) is 2.61. The molecule has 1 saturated carbocycles. The topological polar surface area (TPSA) is 21.3 Å². The van der Waals surface area contributed by atoms with Gasteiger partial charge in [-0.2, -0.15) is 0 Å². The average molecular weight is 294 g/mol. The number of hydrogen-bond donors (Lipinski definition) is 1. The van der Waals surface area contributed by atoms with E-state index in [0.717, 1.165) is 17.9 Å². The molecule has 1 N–H and O–H groups in total. The van der Waals surface area contributed by atoms with Crippen LogP contribution < -0.4 is 5.32 Å². The Bertz CT molecular complexity index is 500. The Kier molecular flexibility index (Phi) is 3.83. The first-order valence-electron chi connectivity index (χ1n) is 7.57. The Labute approximate surface area is 126 Å². The molecule has 3 heteroatoms. The predicted molar refractivity (Wildman–Crippen MR) is 83.2 cm³/mol. The molecule has 0 heterocycles.